The maximum absolute atomic E-state index is 11.1. The molecule has 0 spiro atoms. The molecule has 2 aliphatic heterocycles. The van der Waals surface area contributed by atoms with Crippen LogP contribution in [0, 0.1) is 0 Å². The summed E-state index contributed by atoms with van der Waals surface area (Å²) >= 11 is 0. The van der Waals surface area contributed by atoms with Gasteiger partial charge in [0.15, 0.2) is 0 Å². The topological polar surface area (TPSA) is 23.6 Å². The number of carbonyl (C=O) groups is 1. The van der Waals surface area contributed by atoms with Gasteiger partial charge in [0, 0.05) is 32.1 Å². The predicted molar refractivity (Wildman–Crippen MR) is 46.8 cm³/mol. The van der Waals surface area contributed by atoms with E-state index in [9.17, 15) is 4.79 Å². The summed E-state index contributed by atoms with van der Waals surface area (Å²) in [5.74, 6) is 0.236. The first-order valence-corrected chi connectivity index (χ1v) is 4.66. The maximum Gasteiger partial charge on any atom is 0.219 e. The van der Waals surface area contributed by atoms with Gasteiger partial charge >= 0.3 is 0 Å². The van der Waals surface area contributed by atoms with Crippen LogP contribution in [0.4, 0.5) is 0 Å². The molecule has 3 nitrogen and oxygen atoms in total. The van der Waals surface area contributed by atoms with Crippen molar-refractivity contribution in [1.29, 1.82) is 0 Å². The summed E-state index contributed by atoms with van der Waals surface area (Å²) in [7, 11) is 2.18. The fourth-order valence-electron chi connectivity index (χ4n) is 2.37. The Labute approximate surface area is 73.3 Å². The lowest BCUT2D eigenvalue weighted by atomic mass is 10.2. The highest BCUT2D eigenvalue weighted by molar-refractivity contribution is 5.73. The van der Waals surface area contributed by atoms with Crippen LogP contribution in [0.5, 0.6) is 0 Å². The Morgan fingerprint density at radius 1 is 1.25 bits per heavy atom. The Morgan fingerprint density at radius 3 is 2.17 bits per heavy atom. The van der Waals surface area contributed by atoms with Gasteiger partial charge in [0.1, 0.15) is 0 Å². The minimum atomic E-state index is 0.236. The van der Waals surface area contributed by atoms with Gasteiger partial charge < -0.3 is 4.90 Å². The Morgan fingerprint density at radius 2 is 1.75 bits per heavy atom. The fourth-order valence-corrected chi connectivity index (χ4v) is 2.37. The second-order valence-electron chi connectivity index (χ2n) is 3.97. The maximum atomic E-state index is 11.1. The Hall–Kier alpha value is -0.570. The average Bonchev–Trinajstić information content (AvgIpc) is 2.30. The standard InChI is InChI=1S/C9H16N2O/c1-7(12)11-5-8-3-4-9(6-11)10(8)2/h8-9H,3-6H2,1-2H3. The minimum Gasteiger partial charge on any atom is -0.340 e. The summed E-state index contributed by atoms with van der Waals surface area (Å²) < 4.78 is 0. The third-order valence-corrected chi connectivity index (χ3v) is 3.29. The first-order chi connectivity index (χ1) is 5.68. The van der Waals surface area contributed by atoms with E-state index in [4.69, 9.17) is 0 Å². The van der Waals surface area contributed by atoms with Crippen molar-refractivity contribution in [2.75, 3.05) is 20.1 Å². The molecule has 2 fully saturated rings. The summed E-state index contributed by atoms with van der Waals surface area (Å²) in [6, 6.07) is 1.26. The zero-order valence-electron chi connectivity index (χ0n) is 7.79. The smallest absolute Gasteiger partial charge is 0.219 e. The molecule has 0 aromatic heterocycles. The summed E-state index contributed by atoms with van der Waals surface area (Å²) in [5.41, 5.74) is 0. The van der Waals surface area contributed by atoms with Crippen LogP contribution in [0.3, 0.4) is 0 Å². The van der Waals surface area contributed by atoms with Gasteiger partial charge in [0.05, 0.1) is 0 Å². The van der Waals surface area contributed by atoms with Crippen LogP contribution in [0.2, 0.25) is 0 Å². The Balaban J connectivity index is 2.07. The quantitative estimate of drug-likeness (QED) is 0.520. The molecule has 2 heterocycles. The van der Waals surface area contributed by atoms with Crippen molar-refractivity contribution in [3.63, 3.8) is 0 Å². The SMILES string of the molecule is CC(=O)N1CC2CCC(C1)N2C. The highest BCUT2D eigenvalue weighted by Gasteiger charge is 2.37. The molecule has 2 bridgehead atoms. The third-order valence-electron chi connectivity index (χ3n) is 3.29. The lowest BCUT2D eigenvalue weighted by Crippen LogP contribution is -2.53. The van der Waals surface area contributed by atoms with Crippen LogP contribution in [0.15, 0.2) is 0 Å². The number of rotatable bonds is 0. The van der Waals surface area contributed by atoms with Crippen LogP contribution in [0.1, 0.15) is 19.8 Å². The zero-order chi connectivity index (χ0) is 8.72. The van der Waals surface area contributed by atoms with Crippen molar-refractivity contribution in [1.82, 2.24) is 9.80 Å². The first kappa shape index (κ1) is 8.05. The summed E-state index contributed by atoms with van der Waals surface area (Å²) in [6.07, 6.45) is 2.54. The summed E-state index contributed by atoms with van der Waals surface area (Å²) in [6.45, 7) is 3.56. The van der Waals surface area contributed by atoms with Crippen LogP contribution in [-0.4, -0.2) is 47.9 Å². The molecule has 0 N–H and O–H groups in total. The van der Waals surface area contributed by atoms with Gasteiger partial charge in [-0.2, -0.15) is 0 Å². The molecule has 12 heavy (non-hydrogen) atoms. The molecule has 2 unspecified atom stereocenters. The largest absolute Gasteiger partial charge is 0.340 e. The molecule has 2 aliphatic rings. The molecule has 0 saturated carbocycles. The van der Waals surface area contributed by atoms with Crippen molar-refractivity contribution in [3.8, 4) is 0 Å². The van der Waals surface area contributed by atoms with Crippen LogP contribution >= 0.6 is 0 Å². The van der Waals surface area contributed by atoms with E-state index in [1.54, 1.807) is 6.92 Å². The van der Waals surface area contributed by atoms with Gasteiger partial charge in [-0.05, 0) is 19.9 Å². The number of carbonyl (C=O) groups excluding carboxylic acids is 1. The highest BCUT2D eigenvalue weighted by Crippen LogP contribution is 2.27. The number of nitrogens with zero attached hydrogens (tertiary/aromatic N) is 2. The van der Waals surface area contributed by atoms with E-state index in [0.29, 0.717) is 12.1 Å². The number of likely N-dealkylation sites (tertiary alicyclic amines) is 1. The van der Waals surface area contributed by atoms with E-state index in [0.717, 1.165) is 13.1 Å². The molecular formula is C9H16N2O. The zero-order valence-corrected chi connectivity index (χ0v) is 7.79. The second-order valence-corrected chi connectivity index (χ2v) is 3.97. The van der Waals surface area contributed by atoms with E-state index < -0.39 is 0 Å². The van der Waals surface area contributed by atoms with E-state index in [1.807, 2.05) is 4.90 Å². The molecule has 0 aromatic carbocycles. The molecule has 0 aliphatic carbocycles. The van der Waals surface area contributed by atoms with E-state index in [1.165, 1.54) is 12.8 Å². The minimum absolute atomic E-state index is 0.236. The average molecular weight is 168 g/mol. The monoisotopic (exact) mass is 168 g/mol. The van der Waals surface area contributed by atoms with Gasteiger partial charge in [-0.1, -0.05) is 0 Å². The number of fused-ring (bicyclic) bond motifs is 2. The van der Waals surface area contributed by atoms with Crippen molar-refractivity contribution in [2.45, 2.75) is 31.8 Å². The number of piperazine rings is 1. The lowest BCUT2D eigenvalue weighted by molar-refractivity contribution is -0.131. The van der Waals surface area contributed by atoms with Crippen LogP contribution in [0.25, 0.3) is 0 Å². The van der Waals surface area contributed by atoms with E-state index in [2.05, 4.69) is 11.9 Å². The van der Waals surface area contributed by atoms with Crippen molar-refractivity contribution in [2.24, 2.45) is 0 Å². The van der Waals surface area contributed by atoms with Crippen LogP contribution in [-0.2, 0) is 4.79 Å². The molecule has 3 heteroatoms. The molecule has 0 radical (unpaired) electrons. The molecule has 1 amide bonds. The third kappa shape index (κ3) is 1.12. The van der Waals surface area contributed by atoms with E-state index in [-0.39, 0.29) is 5.91 Å². The molecule has 2 rings (SSSR count). The predicted octanol–water partition coefficient (Wildman–Crippen LogP) is 0.311. The highest BCUT2D eigenvalue weighted by atomic mass is 16.2. The molecule has 2 atom stereocenters. The number of hydrogen-bond donors (Lipinski definition) is 0. The van der Waals surface area contributed by atoms with Gasteiger partial charge in [0.2, 0.25) is 5.91 Å². The van der Waals surface area contributed by atoms with Crippen molar-refractivity contribution < 1.29 is 4.79 Å². The van der Waals surface area contributed by atoms with Gasteiger partial charge in [-0.25, -0.2) is 0 Å². The van der Waals surface area contributed by atoms with Gasteiger partial charge in [-0.15, -0.1) is 0 Å². The van der Waals surface area contributed by atoms with Crippen molar-refractivity contribution >= 4 is 5.91 Å². The van der Waals surface area contributed by atoms with Crippen LogP contribution < -0.4 is 0 Å². The normalized spacial score (nSPS) is 35.7. The first-order valence-electron chi connectivity index (χ1n) is 4.66. The molecule has 0 aromatic rings. The number of amides is 1. The molecular weight excluding hydrogens is 152 g/mol. The fraction of sp³-hybridized carbons (Fsp3) is 0.889. The van der Waals surface area contributed by atoms with E-state index >= 15 is 0 Å². The lowest BCUT2D eigenvalue weighted by Gasteiger charge is -2.38. The van der Waals surface area contributed by atoms with Crippen molar-refractivity contribution in [3.05, 3.63) is 0 Å². The number of hydrogen-bond acceptors (Lipinski definition) is 2. The molecule has 2 saturated heterocycles. The molecule has 68 valence electrons. The Bertz CT molecular complexity index is 191. The summed E-state index contributed by atoms with van der Waals surface area (Å²) in [5, 5.41) is 0. The second kappa shape index (κ2) is 2.73. The summed E-state index contributed by atoms with van der Waals surface area (Å²) in [4.78, 5) is 15.6. The van der Waals surface area contributed by atoms with Gasteiger partial charge in [-0.3, -0.25) is 9.69 Å². The number of likely N-dealkylation sites (N-methyl/N-ethyl adjacent to an activating group) is 1. The van der Waals surface area contributed by atoms with Gasteiger partial charge in [0.25, 0.3) is 0 Å². The Kier molecular flexibility index (Phi) is 1.83.